The molecule has 0 spiro atoms. The Labute approximate surface area is 127 Å². The third-order valence-corrected chi connectivity index (χ3v) is 3.62. The summed E-state index contributed by atoms with van der Waals surface area (Å²) in [5.74, 6) is -0.424. The number of anilines is 1. The number of nitrogens with zero attached hydrogens (tertiary/aromatic N) is 2. The largest absolute Gasteiger partial charge is 0.452 e. The molecule has 1 aromatic rings. The number of hydrogen-bond donors (Lipinski definition) is 1. The molecule has 104 valence electrons. The number of nitrogens with two attached hydrogens (primary N) is 1. The van der Waals surface area contributed by atoms with Crippen LogP contribution < -0.4 is 5.73 Å². The molecule has 0 aliphatic carbocycles. The van der Waals surface area contributed by atoms with Gasteiger partial charge in [-0.25, -0.2) is 14.8 Å². The fourth-order valence-corrected chi connectivity index (χ4v) is 2.55. The summed E-state index contributed by atoms with van der Waals surface area (Å²) in [6, 6.07) is 3.32. The molecule has 0 atom stereocenters. The van der Waals surface area contributed by atoms with Crippen LogP contribution in [0.2, 0.25) is 0 Å². The van der Waals surface area contributed by atoms with Crippen LogP contribution in [-0.4, -0.2) is 43.2 Å². The average molecular weight is 395 g/mol. The molecule has 0 aromatic heterocycles. The Morgan fingerprint density at radius 1 is 1.21 bits per heavy atom. The number of rotatable bonds is 1. The van der Waals surface area contributed by atoms with Crippen LogP contribution in [-0.2, 0) is 4.74 Å². The summed E-state index contributed by atoms with van der Waals surface area (Å²) in [6.07, 6.45) is -0.650. The van der Waals surface area contributed by atoms with Crippen LogP contribution >= 0.6 is 31.9 Å². The third kappa shape index (κ3) is 3.38. The highest BCUT2D eigenvalue weighted by Crippen LogP contribution is 2.29. The molecule has 8 heteroatoms. The van der Waals surface area contributed by atoms with Gasteiger partial charge in [-0.3, -0.25) is 4.79 Å². The molecule has 6 nitrogen and oxygen atoms in total. The summed E-state index contributed by atoms with van der Waals surface area (Å²) in [5.41, 5.74) is 6.43. The maximum absolute atomic E-state index is 12.3. The van der Waals surface area contributed by atoms with Crippen LogP contribution in [0.15, 0.2) is 21.1 Å². The van der Waals surface area contributed by atoms with Gasteiger partial charge in [-0.05, 0) is 28.1 Å². The van der Waals surface area contributed by atoms with Gasteiger partial charge in [0.05, 0.1) is 18.4 Å². The molecule has 1 rings (SSSR count). The van der Waals surface area contributed by atoms with Gasteiger partial charge in [0.1, 0.15) is 0 Å². The van der Waals surface area contributed by atoms with Crippen molar-refractivity contribution in [1.29, 1.82) is 0 Å². The lowest BCUT2D eigenvalue weighted by Crippen LogP contribution is -2.45. The van der Waals surface area contributed by atoms with Gasteiger partial charge in [-0.15, -0.1) is 0 Å². The van der Waals surface area contributed by atoms with Crippen molar-refractivity contribution in [2.45, 2.75) is 0 Å². The Bertz CT molecular complexity index is 522. The third-order valence-electron chi connectivity index (χ3n) is 2.51. The van der Waals surface area contributed by atoms with Crippen LogP contribution in [0, 0.1) is 0 Å². The minimum atomic E-state index is -0.650. The number of hydrogen-bond acceptors (Lipinski definition) is 4. The van der Waals surface area contributed by atoms with Crippen LogP contribution in [0.25, 0.3) is 0 Å². The van der Waals surface area contributed by atoms with Gasteiger partial charge in [-0.1, -0.05) is 15.9 Å². The Kier molecular flexibility index (Phi) is 5.19. The quantitative estimate of drug-likeness (QED) is 0.586. The van der Waals surface area contributed by atoms with Crippen molar-refractivity contribution < 1.29 is 14.3 Å². The summed E-state index contributed by atoms with van der Waals surface area (Å²) in [4.78, 5) is 23.7. The number of hydrazine groups is 1. The first-order valence-corrected chi connectivity index (χ1v) is 6.72. The first-order valence-electron chi connectivity index (χ1n) is 5.13. The minimum Gasteiger partial charge on any atom is -0.452 e. The van der Waals surface area contributed by atoms with Crippen LogP contribution in [0.3, 0.4) is 0 Å². The molecule has 0 saturated heterocycles. The number of amides is 2. The molecule has 0 radical (unpaired) electrons. The molecule has 0 aliphatic rings. The fraction of sp³-hybridized carbons (Fsp3) is 0.273. The van der Waals surface area contributed by atoms with E-state index >= 15 is 0 Å². The second kappa shape index (κ2) is 6.25. The molecule has 0 bridgehead atoms. The standard InChI is InChI=1S/C11H13Br2N3O3/c1-15(16(2)11(18)19-3)10(17)7-4-6(12)5-8(13)9(7)14/h4-5H,14H2,1-3H3. The average Bonchev–Trinajstić information content (AvgIpc) is 2.39. The second-order valence-electron chi connectivity index (χ2n) is 3.67. The van der Waals surface area contributed by atoms with Crippen molar-refractivity contribution in [1.82, 2.24) is 10.0 Å². The maximum atomic E-state index is 12.3. The Morgan fingerprint density at radius 2 is 1.79 bits per heavy atom. The zero-order chi connectivity index (χ0) is 14.7. The van der Waals surface area contributed by atoms with Crippen LogP contribution in [0.1, 0.15) is 10.4 Å². The predicted octanol–water partition coefficient (Wildman–Crippen LogP) is 2.48. The van der Waals surface area contributed by atoms with Gasteiger partial charge < -0.3 is 10.5 Å². The van der Waals surface area contributed by atoms with Crippen molar-refractivity contribution in [3.05, 3.63) is 26.6 Å². The van der Waals surface area contributed by atoms with E-state index in [1.165, 1.54) is 21.2 Å². The number of carbonyl (C=O) groups excluding carboxylic acids is 2. The molecule has 0 aliphatic heterocycles. The molecule has 0 saturated carbocycles. The van der Waals surface area contributed by atoms with Gasteiger partial charge in [-0.2, -0.15) is 0 Å². The van der Waals surface area contributed by atoms with E-state index in [9.17, 15) is 9.59 Å². The summed E-state index contributed by atoms with van der Waals surface area (Å²) in [6.45, 7) is 0. The zero-order valence-electron chi connectivity index (χ0n) is 10.6. The lowest BCUT2D eigenvalue weighted by atomic mass is 10.1. The molecule has 2 N–H and O–H groups in total. The monoisotopic (exact) mass is 393 g/mol. The number of halogens is 2. The van der Waals surface area contributed by atoms with Crippen molar-refractivity contribution in [2.75, 3.05) is 26.9 Å². The number of nitrogen functional groups attached to an aromatic ring is 1. The molecule has 0 unspecified atom stereocenters. The number of benzene rings is 1. The zero-order valence-corrected chi connectivity index (χ0v) is 13.8. The van der Waals surface area contributed by atoms with Crippen molar-refractivity contribution in [3.63, 3.8) is 0 Å². The van der Waals surface area contributed by atoms with Crippen molar-refractivity contribution in [2.24, 2.45) is 0 Å². The van der Waals surface area contributed by atoms with Crippen molar-refractivity contribution in [3.8, 4) is 0 Å². The number of ether oxygens (including phenoxy) is 1. The highest BCUT2D eigenvalue weighted by Gasteiger charge is 2.23. The first-order chi connectivity index (χ1) is 8.79. The van der Waals surface area contributed by atoms with E-state index in [0.29, 0.717) is 14.6 Å². The maximum Gasteiger partial charge on any atom is 0.428 e. The summed E-state index contributed by atoms with van der Waals surface area (Å²) in [7, 11) is 4.11. The highest BCUT2D eigenvalue weighted by atomic mass is 79.9. The SMILES string of the molecule is COC(=O)N(C)N(C)C(=O)c1cc(Br)cc(Br)c1N. The summed E-state index contributed by atoms with van der Waals surface area (Å²) >= 11 is 6.55. The van der Waals surface area contributed by atoms with Gasteiger partial charge in [0.15, 0.2) is 0 Å². The lowest BCUT2D eigenvalue weighted by Gasteiger charge is -2.27. The molecule has 0 fully saturated rings. The topological polar surface area (TPSA) is 75.9 Å². The molecular formula is C11H13Br2N3O3. The Balaban J connectivity index is 3.10. The van der Waals surface area contributed by atoms with E-state index < -0.39 is 12.0 Å². The Hall–Kier alpha value is -1.28. The minimum absolute atomic E-state index is 0.277. The molecule has 19 heavy (non-hydrogen) atoms. The first kappa shape index (κ1) is 15.8. The van der Waals surface area contributed by atoms with Gasteiger partial charge >= 0.3 is 6.09 Å². The number of carbonyl (C=O) groups is 2. The van der Waals surface area contributed by atoms with Gasteiger partial charge in [0, 0.05) is 23.0 Å². The summed E-state index contributed by atoms with van der Waals surface area (Å²) < 4.78 is 5.84. The van der Waals surface area contributed by atoms with E-state index in [1.54, 1.807) is 12.1 Å². The lowest BCUT2D eigenvalue weighted by molar-refractivity contribution is 0.0193. The van der Waals surface area contributed by atoms with E-state index in [0.717, 1.165) is 10.0 Å². The molecular weight excluding hydrogens is 382 g/mol. The molecule has 1 aromatic carbocycles. The van der Waals surface area contributed by atoms with Gasteiger partial charge in [0.25, 0.3) is 5.91 Å². The van der Waals surface area contributed by atoms with E-state index in [2.05, 4.69) is 36.6 Å². The number of methoxy groups -OCH3 is 1. The normalized spacial score (nSPS) is 9.95. The van der Waals surface area contributed by atoms with E-state index in [1.807, 2.05) is 0 Å². The van der Waals surface area contributed by atoms with E-state index in [4.69, 9.17) is 5.73 Å². The predicted molar refractivity (Wildman–Crippen MR) is 78.5 cm³/mol. The van der Waals surface area contributed by atoms with Crippen LogP contribution in [0.4, 0.5) is 10.5 Å². The molecule has 2 amide bonds. The summed E-state index contributed by atoms with van der Waals surface area (Å²) in [5, 5.41) is 2.17. The second-order valence-corrected chi connectivity index (χ2v) is 5.44. The highest BCUT2D eigenvalue weighted by molar-refractivity contribution is 9.11. The van der Waals surface area contributed by atoms with Crippen LogP contribution in [0.5, 0.6) is 0 Å². The fourth-order valence-electron chi connectivity index (χ4n) is 1.33. The van der Waals surface area contributed by atoms with E-state index in [-0.39, 0.29) is 5.56 Å². The smallest absolute Gasteiger partial charge is 0.428 e. The Morgan fingerprint density at radius 3 is 2.32 bits per heavy atom. The van der Waals surface area contributed by atoms with Crippen molar-refractivity contribution >= 4 is 49.5 Å². The molecule has 0 heterocycles. The van der Waals surface area contributed by atoms with Gasteiger partial charge in [0.2, 0.25) is 0 Å².